The molecule has 2 aromatic rings. The van der Waals surface area contributed by atoms with Crippen molar-refractivity contribution in [1.82, 2.24) is 4.98 Å². The van der Waals surface area contributed by atoms with Crippen LogP contribution in [0.5, 0.6) is 0 Å². The largest absolute Gasteiger partial charge is 0.358 e. The molecule has 0 fully saturated rings. The molecule has 2 rings (SSSR count). The van der Waals surface area contributed by atoms with Gasteiger partial charge in [0.2, 0.25) is 0 Å². The van der Waals surface area contributed by atoms with Crippen LogP contribution >= 0.6 is 0 Å². The highest BCUT2D eigenvalue weighted by Gasteiger charge is 2.16. The molecule has 0 saturated heterocycles. The van der Waals surface area contributed by atoms with E-state index in [0.717, 1.165) is 35.0 Å². The predicted molar refractivity (Wildman–Crippen MR) is 82.0 cm³/mol. The van der Waals surface area contributed by atoms with E-state index in [-0.39, 0.29) is 10.8 Å². The van der Waals surface area contributed by atoms with E-state index in [0.29, 0.717) is 0 Å². The Hall–Kier alpha value is -1.57. The molecule has 1 heterocycles. The van der Waals surface area contributed by atoms with Gasteiger partial charge in [0.05, 0.1) is 0 Å². The molecular weight excluding hydrogens is 234 g/mol. The van der Waals surface area contributed by atoms with E-state index in [4.69, 9.17) is 0 Å². The number of nitrogens with one attached hydrogen (secondary N) is 1. The van der Waals surface area contributed by atoms with Crippen molar-refractivity contribution in [2.24, 2.45) is 0 Å². The van der Waals surface area contributed by atoms with Crippen LogP contribution in [0.3, 0.4) is 0 Å². The third-order valence-corrected chi connectivity index (χ3v) is 3.68. The van der Waals surface area contributed by atoms with Gasteiger partial charge in [-0.15, -0.1) is 0 Å². The van der Waals surface area contributed by atoms with E-state index < -0.39 is 0 Å². The Kier molecular flexibility index (Phi) is 3.53. The zero-order valence-corrected chi connectivity index (χ0v) is 12.6. The number of benzene rings is 1. The van der Waals surface area contributed by atoms with Crippen LogP contribution in [0.15, 0.2) is 23.0 Å². The second-order valence-corrected chi connectivity index (χ2v) is 6.32. The van der Waals surface area contributed by atoms with Crippen molar-refractivity contribution in [2.45, 2.75) is 52.9 Å². The molecule has 1 aromatic heterocycles. The standard InChI is InChI=1S/C17H23NO/c1-6-7-13-11(2)18-15-9-8-12(17(3,4)5)10-14(15)16(13)19/h8-10H,6-7H2,1-5H3,(H,18,19). The molecule has 102 valence electrons. The summed E-state index contributed by atoms with van der Waals surface area (Å²) in [5, 5.41) is 0.821. The number of aromatic nitrogens is 1. The molecule has 0 aliphatic rings. The first kappa shape index (κ1) is 13.9. The lowest BCUT2D eigenvalue weighted by atomic mass is 9.86. The summed E-state index contributed by atoms with van der Waals surface area (Å²) in [5.74, 6) is 0. The molecule has 2 heteroatoms. The highest BCUT2D eigenvalue weighted by molar-refractivity contribution is 5.80. The van der Waals surface area contributed by atoms with E-state index in [1.54, 1.807) is 0 Å². The summed E-state index contributed by atoms with van der Waals surface area (Å²) >= 11 is 0. The minimum absolute atomic E-state index is 0.0659. The highest BCUT2D eigenvalue weighted by Crippen LogP contribution is 2.24. The van der Waals surface area contributed by atoms with Crippen molar-refractivity contribution in [3.8, 4) is 0 Å². The van der Waals surface area contributed by atoms with E-state index in [1.165, 1.54) is 5.56 Å². The molecule has 0 spiro atoms. The molecule has 0 aliphatic heterocycles. The van der Waals surface area contributed by atoms with Crippen LogP contribution in [-0.4, -0.2) is 4.98 Å². The van der Waals surface area contributed by atoms with Crippen LogP contribution in [0.2, 0.25) is 0 Å². The van der Waals surface area contributed by atoms with Gasteiger partial charge in [-0.05, 0) is 36.5 Å². The van der Waals surface area contributed by atoms with Gasteiger partial charge < -0.3 is 4.98 Å². The fourth-order valence-corrected chi connectivity index (χ4v) is 2.47. The predicted octanol–water partition coefficient (Wildman–Crippen LogP) is 4.09. The average Bonchev–Trinajstić information content (AvgIpc) is 2.33. The second kappa shape index (κ2) is 4.84. The molecular formula is C17H23NO. The Morgan fingerprint density at radius 2 is 1.89 bits per heavy atom. The van der Waals surface area contributed by atoms with Gasteiger partial charge >= 0.3 is 0 Å². The first-order chi connectivity index (χ1) is 8.84. The topological polar surface area (TPSA) is 32.9 Å². The van der Waals surface area contributed by atoms with Gasteiger partial charge in [0, 0.05) is 22.2 Å². The first-order valence-corrected chi connectivity index (χ1v) is 7.00. The zero-order valence-electron chi connectivity index (χ0n) is 12.6. The quantitative estimate of drug-likeness (QED) is 0.863. The fraction of sp³-hybridized carbons (Fsp3) is 0.471. The summed E-state index contributed by atoms with van der Waals surface area (Å²) < 4.78 is 0. The lowest BCUT2D eigenvalue weighted by Gasteiger charge is -2.19. The van der Waals surface area contributed by atoms with Crippen LogP contribution in [0.25, 0.3) is 10.9 Å². The van der Waals surface area contributed by atoms with Gasteiger partial charge in [0.1, 0.15) is 0 Å². The van der Waals surface area contributed by atoms with Crippen molar-refractivity contribution in [1.29, 1.82) is 0 Å². The van der Waals surface area contributed by atoms with Crippen molar-refractivity contribution in [3.63, 3.8) is 0 Å². The summed E-state index contributed by atoms with van der Waals surface area (Å²) in [7, 11) is 0. The Morgan fingerprint density at radius 1 is 1.21 bits per heavy atom. The number of H-pyrrole nitrogens is 1. The summed E-state index contributed by atoms with van der Waals surface area (Å²) in [6, 6.07) is 6.18. The maximum Gasteiger partial charge on any atom is 0.192 e. The van der Waals surface area contributed by atoms with Crippen LogP contribution in [0, 0.1) is 6.92 Å². The Bertz CT molecular complexity index is 659. The molecule has 0 amide bonds. The number of aromatic amines is 1. The third kappa shape index (κ3) is 2.58. The molecule has 0 radical (unpaired) electrons. The minimum Gasteiger partial charge on any atom is -0.358 e. The molecule has 2 nitrogen and oxygen atoms in total. The van der Waals surface area contributed by atoms with Gasteiger partial charge in [-0.1, -0.05) is 40.2 Å². The van der Waals surface area contributed by atoms with Gasteiger partial charge in [-0.25, -0.2) is 0 Å². The smallest absolute Gasteiger partial charge is 0.192 e. The van der Waals surface area contributed by atoms with E-state index in [2.05, 4.69) is 38.7 Å². The van der Waals surface area contributed by atoms with Gasteiger partial charge in [-0.3, -0.25) is 4.79 Å². The molecule has 1 aromatic carbocycles. The molecule has 19 heavy (non-hydrogen) atoms. The van der Waals surface area contributed by atoms with Crippen LogP contribution in [-0.2, 0) is 11.8 Å². The first-order valence-electron chi connectivity index (χ1n) is 7.00. The number of rotatable bonds is 2. The van der Waals surface area contributed by atoms with Crippen molar-refractivity contribution < 1.29 is 0 Å². The summed E-state index contributed by atoms with van der Waals surface area (Å²) in [6.07, 6.45) is 1.84. The highest BCUT2D eigenvalue weighted by atomic mass is 16.1. The maximum absolute atomic E-state index is 12.6. The van der Waals surface area contributed by atoms with Gasteiger partial charge in [0.25, 0.3) is 0 Å². The lowest BCUT2D eigenvalue weighted by Crippen LogP contribution is -2.16. The second-order valence-electron chi connectivity index (χ2n) is 6.32. The Balaban J connectivity index is 2.74. The molecule has 1 N–H and O–H groups in total. The number of hydrogen-bond donors (Lipinski definition) is 1. The average molecular weight is 257 g/mol. The van der Waals surface area contributed by atoms with E-state index in [1.807, 2.05) is 19.1 Å². The van der Waals surface area contributed by atoms with Crippen molar-refractivity contribution in [2.75, 3.05) is 0 Å². The molecule has 0 bridgehead atoms. The Labute approximate surface area is 114 Å². The normalized spacial score (nSPS) is 12.1. The van der Waals surface area contributed by atoms with E-state index >= 15 is 0 Å². The van der Waals surface area contributed by atoms with Crippen LogP contribution in [0.4, 0.5) is 0 Å². The minimum atomic E-state index is 0.0659. The van der Waals surface area contributed by atoms with Crippen molar-refractivity contribution >= 4 is 10.9 Å². The number of hydrogen-bond acceptors (Lipinski definition) is 1. The number of fused-ring (bicyclic) bond motifs is 1. The van der Waals surface area contributed by atoms with Crippen LogP contribution < -0.4 is 5.43 Å². The Morgan fingerprint density at radius 3 is 2.47 bits per heavy atom. The summed E-state index contributed by atoms with van der Waals surface area (Å²) in [5.41, 5.74) is 4.34. The molecule has 0 unspecified atom stereocenters. The fourth-order valence-electron chi connectivity index (χ4n) is 2.47. The van der Waals surface area contributed by atoms with Gasteiger partial charge in [0.15, 0.2) is 5.43 Å². The number of aryl methyl sites for hydroxylation is 1. The summed E-state index contributed by atoms with van der Waals surface area (Å²) in [4.78, 5) is 16.0. The molecule has 0 aliphatic carbocycles. The maximum atomic E-state index is 12.6. The van der Waals surface area contributed by atoms with E-state index in [9.17, 15) is 4.79 Å². The molecule has 0 saturated carbocycles. The van der Waals surface area contributed by atoms with Gasteiger partial charge in [-0.2, -0.15) is 0 Å². The summed E-state index contributed by atoms with van der Waals surface area (Å²) in [6.45, 7) is 10.6. The molecule has 0 atom stereocenters. The zero-order chi connectivity index (χ0) is 14.2. The lowest BCUT2D eigenvalue weighted by molar-refractivity contribution is 0.591. The van der Waals surface area contributed by atoms with Crippen LogP contribution in [0.1, 0.15) is 50.9 Å². The SMILES string of the molecule is CCCc1c(C)[nH]c2ccc(C(C)(C)C)cc2c1=O. The monoisotopic (exact) mass is 257 g/mol. The number of pyridine rings is 1. The third-order valence-electron chi connectivity index (χ3n) is 3.68. The van der Waals surface area contributed by atoms with Crippen molar-refractivity contribution in [3.05, 3.63) is 45.2 Å².